The minimum absolute atomic E-state index is 0.00903. The van der Waals surface area contributed by atoms with Crippen LogP contribution in [0.3, 0.4) is 0 Å². The average Bonchev–Trinajstić information content (AvgIpc) is 3.14. The summed E-state index contributed by atoms with van der Waals surface area (Å²) in [6.45, 7) is 6.78. The number of hydrogen-bond donors (Lipinski definition) is 1. The number of oxazole rings is 1. The first-order valence-corrected chi connectivity index (χ1v) is 9.39. The number of rotatable bonds is 7. The highest BCUT2D eigenvalue weighted by atomic mass is 19.1. The smallest absolute Gasteiger partial charge is 0.399 e. The van der Waals surface area contributed by atoms with Gasteiger partial charge in [0, 0.05) is 11.6 Å². The molecule has 1 unspecified atom stereocenters. The molecule has 0 spiro atoms. The lowest BCUT2D eigenvalue weighted by atomic mass is 10.1. The highest BCUT2D eigenvalue weighted by Crippen LogP contribution is 2.26. The minimum Gasteiger partial charge on any atom is -0.491 e. The third kappa shape index (κ3) is 5.14. The fraction of sp³-hybridized carbons (Fsp3) is 0.273. The first-order chi connectivity index (χ1) is 14.2. The van der Waals surface area contributed by atoms with Gasteiger partial charge in [-0.3, -0.25) is 4.79 Å². The van der Waals surface area contributed by atoms with Crippen molar-refractivity contribution < 1.29 is 27.5 Å². The van der Waals surface area contributed by atoms with Gasteiger partial charge in [0.15, 0.2) is 5.69 Å². The Kier molecular flexibility index (Phi) is 6.34. The molecule has 0 bridgehead atoms. The third-order valence-corrected chi connectivity index (χ3v) is 4.25. The van der Waals surface area contributed by atoms with Crippen molar-refractivity contribution in [3.05, 3.63) is 71.1 Å². The van der Waals surface area contributed by atoms with Crippen molar-refractivity contribution in [2.75, 3.05) is 0 Å². The van der Waals surface area contributed by atoms with Gasteiger partial charge in [-0.15, -0.1) is 0 Å². The molecule has 0 saturated heterocycles. The molecule has 1 N–H and O–H groups in total. The van der Waals surface area contributed by atoms with E-state index in [1.807, 2.05) is 13.8 Å². The Morgan fingerprint density at radius 2 is 1.77 bits per heavy atom. The Labute approximate surface area is 172 Å². The molecule has 30 heavy (non-hydrogen) atoms. The Morgan fingerprint density at radius 3 is 2.43 bits per heavy atom. The van der Waals surface area contributed by atoms with Gasteiger partial charge in [0.2, 0.25) is 0 Å². The van der Waals surface area contributed by atoms with E-state index in [1.54, 1.807) is 31.2 Å². The van der Waals surface area contributed by atoms with Crippen molar-refractivity contribution in [2.45, 2.75) is 39.8 Å². The maximum absolute atomic E-state index is 13.8. The van der Waals surface area contributed by atoms with Crippen molar-refractivity contribution in [3.63, 3.8) is 0 Å². The molecule has 0 aliphatic heterocycles. The van der Waals surface area contributed by atoms with Gasteiger partial charge in [-0.25, -0.2) is 8.78 Å². The number of amides is 1. The van der Waals surface area contributed by atoms with Crippen molar-refractivity contribution in [1.29, 1.82) is 0 Å². The average molecular weight is 416 g/mol. The van der Waals surface area contributed by atoms with Crippen LogP contribution in [0.25, 0.3) is 0 Å². The maximum Gasteiger partial charge on any atom is 0.399 e. The molecule has 1 aromatic heterocycles. The van der Waals surface area contributed by atoms with Crippen LogP contribution in [-0.2, 0) is 0 Å². The highest BCUT2D eigenvalue weighted by Gasteiger charge is 2.18. The molecular weight excluding hydrogens is 394 g/mol. The molecule has 3 aromatic rings. The normalized spacial score (nSPS) is 12.0. The van der Waals surface area contributed by atoms with Crippen molar-refractivity contribution in [2.24, 2.45) is 0 Å². The molecule has 0 radical (unpaired) electrons. The van der Waals surface area contributed by atoms with Gasteiger partial charge in [0.1, 0.15) is 29.4 Å². The second-order valence-corrected chi connectivity index (χ2v) is 7.05. The molecule has 1 heterocycles. The van der Waals surface area contributed by atoms with E-state index in [9.17, 15) is 13.6 Å². The summed E-state index contributed by atoms with van der Waals surface area (Å²) in [4.78, 5) is 16.4. The quantitative estimate of drug-likeness (QED) is 0.563. The predicted octanol–water partition coefficient (Wildman–Crippen LogP) is 5.33. The van der Waals surface area contributed by atoms with Crippen LogP contribution in [0.5, 0.6) is 17.6 Å². The SMILES string of the molecule is Cc1c(F)cc(C(C)NC(=O)c2coc(Oc3cccc(OC(C)C)c3)n2)cc1F. The van der Waals surface area contributed by atoms with Gasteiger partial charge in [0.05, 0.1) is 12.1 Å². The van der Waals surface area contributed by atoms with Crippen LogP contribution in [0.2, 0.25) is 0 Å². The van der Waals surface area contributed by atoms with E-state index >= 15 is 0 Å². The molecule has 1 amide bonds. The van der Waals surface area contributed by atoms with Crippen LogP contribution >= 0.6 is 0 Å². The van der Waals surface area contributed by atoms with Crippen LogP contribution in [0.15, 0.2) is 47.1 Å². The van der Waals surface area contributed by atoms with Crippen LogP contribution in [0.1, 0.15) is 48.4 Å². The zero-order chi connectivity index (χ0) is 21.8. The number of carbonyl (C=O) groups excluding carboxylic acids is 1. The van der Waals surface area contributed by atoms with Crippen LogP contribution in [0.4, 0.5) is 8.78 Å². The monoisotopic (exact) mass is 416 g/mol. The Morgan fingerprint density at radius 1 is 1.10 bits per heavy atom. The molecule has 0 aliphatic carbocycles. The van der Waals surface area contributed by atoms with Crippen molar-refractivity contribution in [3.8, 4) is 17.6 Å². The lowest BCUT2D eigenvalue weighted by Gasteiger charge is -2.14. The van der Waals surface area contributed by atoms with Crippen LogP contribution in [0, 0.1) is 18.6 Å². The van der Waals surface area contributed by atoms with E-state index in [0.717, 1.165) is 6.26 Å². The van der Waals surface area contributed by atoms with Gasteiger partial charge < -0.3 is 19.2 Å². The summed E-state index contributed by atoms with van der Waals surface area (Å²) in [6, 6.07) is 8.64. The summed E-state index contributed by atoms with van der Waals surface area (Å²) in [5.41, 5.74) is 0.198. The van der Waals surface area contributed by atoms with Crippen LogP contribution in [-0.4, -0.2) is 17.0 Å². The lowest BCUT2D eigenvalue weighted by Crippen LogP contribution is -2.27. The molecule has 6 nitrogen and oxygen atoms in total. The van der Waals surface area contributed by atoms with E-state index in [1.165, 1.54) is 19.1 Å². The first-order valence-electron chi connectivity index (χ1n) is 9.39. The number of carbonyl (C=O) groups is 1. The largest absolute Gasteiger partial charge is 0.491 e. The summed E-state index contributed by atoms with van der Waals surface area (Å²) in [5.74, 6) is -0.863. The fourth-order valence-electron chi connectivity index (χ4n) is 2.66. The number of ether oxygens (including phenoxy) is 2. The molecule has 2 aromatic carbocycles. The first kappa shape index (κ1) is 21.3. The Hall–Kier alpha value is -3.42. The zero-order valence-corrected chi connectivity index (χ0v) is 17.0. The topological polar surface area (TPSA) is 73.6 Å². The number of halogens is 2. The molecule has 0 aliphatic rings. The molecule has 3 rings (SSSR count). The summed E-state index contributed by atoms with van der Waals surface area (Å²) in [7, 11) is 0. The lowest BCUT2D eigenvalue weighted by molar-refractivity contribution is 0.0934. The van der Waals surface area contributed by atoms with E-state index in [2.05, 4.69) is 10.3 Å². The second kappa shape index (κ2) is 8.94. The van der Waals surface area contributed by atoms with E-state index in [-0.39, 0.29) is 23.4 Å². The predicted molar refractivity (Wildman–Crippen MR) is 106 cm³/mol. The van der Waals surface area contributed by atoms with Gasteiger partial charge in [-0.05, 0) is 57.5 Å². The van der Waals surface area contributed by atoms with Crippen molar-refractivity contribution in [1.82, 2.24) is 10.3 Å². The van der Waals surface area contributed by atoms with Gasteiger partial charge in [0.25, 0.3) is 5.91 Å². The van der Waals surface area contributed by atoms with Gasteiger partial charge in [-0.1, -0.05) is 6.07 Å². The minimum atomic E-state index is -0.674. The van der Waals surface area contributed by atoms with E-state index in [0.29, 0.717) is 17.1 Å². The zero-order valence-electron chi connectivity index (χ0n) is 17.0. The standard InChI is InChI=1S/C22H22F2N2O4/c1-12(2)29-16-6-5-7-17(10-16)30-22-26-20(11-28-22)21(27)25-14(4)15-8-18(23)13(3)19(24)9-15/h5-12,14H,1-4H3,(H,25,27). The second-order valence-electron chi connectivity index (χ2n) is 7.05. The molecular formula is C22H22F2N2O4. The summed E-state index contributed by atoms with van der Waals surface area (Å²) < 4.78 is 43.9. The Balaban J connectivity index is 1.66. The maximum atomic E-state index is 13.8. The Bertz CT molecular complexity index is 1030. The summed E-state index contributed by atoms with van der Waals surface area (Å²) in [5, 5.41) is 2.62. The fourth-order valence-corrected chi connectivity index (χ4v) is 2.66. The number of nitrogens with zero attached hydrogens (tertiary/aromatic N) is 1. The molecule has 0 saturated carbocycles. The van der Waals surface area contributed by atoms with Gasteiger partial charge in [-0.2, -0.15) is 4.98 Å². The van der Waals surface area contributed by atoms with Crippen molar-refractivity contribution >= 4 is 5.91 Å². The number of aromatic nitrogens is 1. The molecule has 1 atom stereocenters. The number of nitrogens with one attached hydrogen (secondary N) is 1. The van der Waals surface area contributed by atoms with Gasteiger partial charge >= 0.3 is 6.08 Å². The molecule has 8 heteroatoms. The molecule has 158 valence electrons. The summed E-state index contributed by atoms with van der Waals surface area (Å²) >= 11 is 0. The molecule has 0 fully saturated rings. The van der Waals surface area contributed by atoms with Crippen LogP contribution < -0.4 is 14.8 Å². The number of hydrogen-bond acceptors (Lipinski definition) is 5. The number of benzene rings is 2. The van der Waals surface area contributed by atoms with E-state index in [4.69, 9.17) is 13.9 Å². The summed E-state index contributed by atoms with van der Waals surface area (Å²) in [6.07, 6.45) is 1.03. The third-order valence-electron chi connectivity index (χ3n) is 4.25. The van der Waals surface area contributed by atoms with E-state index < -0.39 is 23.6 Å². The highest BCUT2D eigenvalue weighted by molar-refractivity contribution is 5.92.